The molecule has 0 atom stereocenters. The van der Waals surface area contributed by atoms with Gasteiger partial charge in [0.1, 0.15) is 22.1 Å². The largest absolute Gasteiger partial charge is 0.462 e. The summed E-state index contributed by atoms with van der Waals surface area (Å²) in [5, 5.41) is 7.28. The molecule has 3 rings (SSSR count). The molecule has 0 unspecified atom stereocenters. The van der Waals surface area contributed by atoms with Gasteiger partial charge in [0.25, 0.3) is 5.91 Å². The molecule has 0 bridgehead atoms. The number of hydrogen-bond acceptors (Lipinski definition) is 9. The number of aryl methyl sites for hydroxylation is 2. The van der Waals surface area contributed by atoms with Crippen LogP contribution in [0.5, 0.6) is 0 Å². The van der Waals surface area contributed by atoms with Gasteiger partial charge in [0.15, 0.2) is 6.61 Å². The summed E-state index contributed by atoms with van der Waals surface area (Å²) in [4.78, 5) is 40.8. The smallest absolute Gasteiger partial charge is 0.341 e. The molecule has 0 spiro atoms. The maximum Gasteiger partial charge on any atom is 0.341 e. The molecule has 0 aliphatic carbocycles. The van der Waals surface area contributed by atoms with Gasteiger partial charge in [-0.05, 0) is 39.0 Å². The molecule has 162 valence electrons. The number of carbonyl (C=O) groups excluding carboxylic acids is 3. The number of nitrogens with zero attached hydrogens (tertiary/aromatic N) is 1. The zero-order chi connectivity index (χ0) is 22.4. The van der Waals surface area contributed by atoms with Crippen LogP contribution in [0.4, 0.5) is 5.00 Å². The van der Waals surface area contributed by atoms with E-state index in [0.717, 1.165) is 16.3 Å². The van der Waals surface area contributed by atoms with Crippen LogP contribution in [-0.4, -0.2) is 36.0 Å². The van der Waals surface area contributed by atoms with Crippen LogP contribution in [0.3, 0.4) is 0 Å². The van der Waals surface area contributed by atoms with Crippen LogP contribution >= 0.6 is 22.7 Å². The first-order valence-electron chi connectivity index (χ1n) is 9.29. The summed E-state index contributed by atoms with van der Waals surface area (Å²) in [7, 11) is 0. The standard InChI is InChI=1S/C21H20N2O6S2/c1-4-27-21(26)19-15(16-7-5-12(2)29-16)11-31-20(19)23-17(24)9-28-18(25)8-6-14-10-30-13(3)22-14/h5-8,10-11H,4,9H2,1-3H3,(H,23,24)/b8-6+. The second kappa shape index (κ2) is 10.2. The Bertz CT molecular complexity index is 1120. The van der Waals surface area contributed by atoms with Crippen molar-refractivity contribution in [1.82, 2.24) is 4.98 Å². The molecule has 1 amide bonds. The fraction of sp³-hybridized carbons (Fsp3) is 0.238. The van der Waals surface area contributed by atoms with Crippen molar-refractivity contribution in [3.63, 3.8) is 0 Å². The first-order chi connectivity index (χ1) is 14.9. The average molecular weight is 461 g/mol. The van der Waals surface area contributed by atoms with Gasteiger partial charge >= 0.3 is 11.9 Å². The van der Waals surface area contributed by atoms with Crippen molar-refractivity contribution in [3.8, 4) is 11.3 Å². The third kappa shape index (κ3) is 5.89. The minimum absolute atomic E-state index is 0.182. The summed E-state index contributed by atoms with van der Waals surface area (Å²) >= 11 is 2.61. The lowest BCUT2D eigenvalue weighted by molar-refractivity contribution is -0.142. The highest BCUT2D eigenvalue weighted by atomic mass is 32.1. The van der Waals surface area contributed by atoms with E-state index in [1.54, 1.807) is 36.7 Å². The van der Waals surface area contributed by atoms with Crippen molar-refractivity contribution < 1.29 is 28.3 Å². The lowest BCUT2D eigenvalue weighted by Crippen LogP contribution is -2.21. The van der Waals surface area contributed by atoms with E-state index in [1.165, 1.54) is 23.5 Å². The van der Waals surface area contributed by atoms with Crippen LogP contribution in [-0.2, 0) is 19.1 Å². The molecule has 10 heteroatoms. The Morgan fingerprint density at radius 3 is 2.61 bits per heavy atom. The molecule has 0 radical (unpaired) electrons. The topological polar surface area (TPSA) is 108 Å². The first-order valence-corrected chi connectivity index (χ1v) is 11.1. The van der Waals surface area contributed by atoms with Gasteiger partial charge < -0.3 is 19.2 Å². The normalized spacial score (nSPS) is 10.9. The number of ether oxygens (including phenoxy) is 2. The molecule has 3 heterocycles. The number of esters is 2. The summed E-state index contributed by atoms with van der Waals surface area (Å²) in [6.07, 6.45) is 2.72. The second-order valence-corrected chi connectivity index (χ2v) is 8.21. The van der Waals surface area contributed by atoms with Gasteiger partial charge in [-0.3, -0.25) is 4.79 Å². The molecular weight excluding hydrogens is 440 g/mol. The lowest BCUT2D eigenvalue weighted by Gasteiger charge is -2.08. The van der Waals surface area contributed by atoms with Crippen LogP contribution in [0.15, 0.2) is 33.4 Å². The number of nitrogens with one attached hydrogen (secondary N) is 1. The Morgan fingerprint density at radius 2 is 1.97 bits per heavy atom. The van der Waals surface area contributed by atoms with E-state index in [9.17, 15) is 14.4 Å². The number of thiazole rings is 1. The summed E-state index contributed by atoms with van der Waals surface area (Å²) < 4.78 is 15.7. The van der Waals surface area contributed by atoms with Gasteiger partial charge in [-0.1, -0.05) is 0 Å². The summed E-state index contributed by atoms with van der Waals surface area (Å²) in [5.41, 5.74) is 1.35. The van der Waals surface area contributed by atoms with Crippen LogP contribution < -0.4 is 5.32 Å². The summed E-state index contributed by atoms with van der Waals surface area (Å²) in [6, 6.07) is 3.52. The zero-order valence-electron chi connectivity index (χ0n) is 17.1. The van der Waals surface area contributed by atoms with Crippen LogP contribution in [0.1, 0.15) is 33.7 Å². The number of thiophene rings is 1. The monoisotopic (exact) mass is 460 g/mol. The average Bonchev–Trinajstić information content (AvgIpc) is 3.45. The van der Waals surface area contributed by atoms with E-state index in [0.29, 0.717) is 22.8 Å². The number of hydrogen-bond donors (Lipinski definition) is 1. The second-order valence-electron chi connectivity index (χ2n) is 6.26. The maximum absolute atomic E-state index is 12.5. The number of amides is 1. The van der Waals surface area contributed by atoms with Crippen molar-refractivity contribution in [3.05, 3.63) is 51.0 Å². The van der Waals surface area contributed by atoms with E-state index < -0.39 is 24.5 Å². The fourth-order valence-corrected chi connectivity index (χ4v) is 4.11. The molecule has 8 nitrogen and oxygen atoms in total. The van der Waals surface area contributed by atoms with E-state index in [1.807, 2.05) is 6.92 Å². The van der Waals surface area contributed by atoms with Crippen molar-refractivity contribution in [2.24, 2.45) is 0 Å². The van der Waals surface area contributed by atoms with E-state index in [-0.39, 0.29) is 17.2 Å². The van der Waals surface area contributed by atoms with E-state index >= 15 is 0 Å². The Morgan fingerprint density at radius 1 is 1.16 bits per heavy atom. The molecule has 0 saturated carbocycles. The fourth-order valence-electron chi connectivity index (χ4n) is 2.57. The van der Waals surface area contributed by atoms with E-state index in [4.69, 9.17) is 13.9 Å². The van der Waals surface area contributed by atoms with Crippen LogP contribution in [0.2, 0.25) is 0 Å². The molecule has 3 aromatic heterocycles. The van der Waals surface area contributed by atoms with Crippen LogP contribution in [0, 0.1) is 13.8 Å². The number of anilines is 1. The highest BCUT2D eigenvalue weighted by Gasteiger charge is 2.24. The molecule has 1 N–H and O–H groups in total. The Hall–Kier alpha value is -3.24. The Kier molecular flexibility index (Phi) is 7.37. The SMILES string of the molecule is CCOC(=O)c1c(-c2ccc(C)o2)csc1NC(=O)COC(=O)/C=C/c1csc(C)n1. The molecule has 0 aliphatic heterocycles. The van der Waals surface area contributed by atoms with Gasteiger partial charge in [0, 0.05) is 22.4 Å². The molecule has 0 fully saturated rings. The minimum Gasteiger partial charge on any atom is -0.462 e. The van der Waals surface area contributed by atoms with Gasteiger partial charge in [-0.2, -0.15) is 0 Å². The van der Waals surface area contributed by atoms with Crippen molar-refractivity contribution >= 4 is 51.6 Å². The molecule has 0 saturated heterocycles. The van der Waals surface area contributed by atoms with Crippen LogP contribution in [0.25, 0.3) is 17.4 Å². The predicted molar refractivity (Wildman–Crippen MR) is 118 cm³/mol. The third-order valence-electron chi connectivity index (χ3n) is 3.90. The predicted octanol–water partition coefficient (Wildman–Crippen LogP) is 4.45. The Balaban J connectivity index is 1.66. The quantitative estimate of drug-likeness (QED) is 0.391. The molecule has 3 aromatic rings. The zero-order valence-corrected chi connectivity index (χ0v) is 18.7. The lowest BCUT2D eigenvalue weighted by atomic mass is 10.1. The van der Waals surface area contributed by atoms with Crippen molar-refractivity contribution in [2.45, 2.75) is 20.8 Å². The van der Waals surface area contributed by atoms with Crippen molar-refractivity contribution in [2.75, 3.05) is 18.5 Å². The number of furan rings is 1. The molecule has 0 aliphatic rings. The highest BCUT2D eigenvalue weighted by molar-refractivity contribution is 7.15. The molecular formula is C21H20N2O6S2. The summed E-state index contributed by atoms with van der Waals surface area (Å²) in [6.45, 7) is 5.02. The number of aromatic nitrogens is 1. The van der Waals surface area contributed by atoms with Gasteiger partial charge in [0.2, 0.25) is 0 Å². The third-order valence-corrected chi connectivity index (χ3v) is 5.59. The van der Waals surface area contributed by atoms with Gasteiger partial charge in [0.05, 0.1) is 17.3 Å². The summed E-state index contributed by atoms with van der Waals surface area (Å²) in [5.74, 6) is -0.660. The van der Waals surface area contributed by atoms with Crippen molar-refractivity contribution in [1.29, 1.82) is 0 Å². The van der Waals surface area contributed by atoms with E-state index in [2.05, 4.69) is 10.3 Å². The van der Waals surface area contributed by atoms with Gasteiger partial charge in [-0.25, -0.2) is 14.6 Å². The minimum atomic E-state index is -0.677. The Labute approximate surface area is 186 Å². The van der Waals surface area contributed by atoms with Gasteiger partial charge in [-0.15, -0.1) is 22.7 Å². The maximum atomic E-state index is 12.5. The first kappa shape index (κ1) is 22.4. The number of carbonyl (C=O) groups is 3. The number of rotatable bonds is 8. The molecule has 31 heavy (non-hydrogen) atoms. The molecule has 0 aromatic carbocycles. The highest BCUT2D eigenvalue weighted by Crippen LogP contribution is 2.37.